The highest BCUT2D eigenvalue weighted by Crippen LogP contribution is 2.20. The monoisotopic (exact) mass is 221 g/mol. The highest BCUT2D eigenvalue weighted by Gasteiger charge is 2.37. The van der Waals surface area contributed by atoms with E-state index >= 15 is 0 Å². The fourth-order valence-corrected chi connectivity index (χ4v) is 1.04. The zero-order chi connectivity index (χ0) is 11.5. The molecule has 0 saturated carbocycles. The predicted octanol–water partition coefficient (Wildman–Crippen LogP) is 0.272. The van der Waals surface area contributed by atoms with Crippen LogP contribution in [-0.4, -0.2) is 36.8 Å². The lowest BCUT2D eigenvalue weighted by Gasteiger charge is -2.17. The maximum atomic E-state index is 12.3. The molecule has 1 rings (SSSR count). The molecule has 0 aromatic carbocycles. The largest absolute Gasteiger partial charge is 0.451 e. The van der Waals surface area contributed by atoms with E-state index in [1.54, 1.807) is 0 Å². The third kappa shape index (κ3) is 3.01. The highest BCUT2D eigenvalue weighted by atomic mass is 19.4. The van der Waals surface area contributed by atoms with Gasteiger partial charge in [0, 0.05) is 12.6 Å². The summed E-state index contributed by atoms with van der Waals surface area (Å²) in [6.07, 6.45) is -3.55. The third-order valence-corrected chi connectivity index (χ3v) is 1.77. The van der Waals surface area contributed by atoms with Crippen molar-refractivity contribution in [3.8, 4) is 0 Å². The van der Waals surface area contributed by atoms with Crippen LogP contribution < -0.4 is 11.1 Å². The first-order valence-electron chi connectivity index (χ1n) is 4.13. The average molecular weight is 221 g/mol. The molecule has 0 saturated heterocycles. The molecule has 1 aliphatic heterocycles. The van der Waals surface area contributed by atoms with E-state index in [9.17, 15) is 13.2 Å². The topological polar surface area (TPSA) is 86.6 Å². The SMILES string of the molecule is N=CN[C@H]1N=C(C(F)(F)F)N=CCC1N. The molecule has 0 radical (unpaired) electrons. The van der Waals surface area contributed by atoms with E-state index < -0.39 is 24.2 Å². The summed E-state index contributed by atoms with van der Waals surface area (Å²) in [5.74, 6) is -1.23. The second-order valence-electron chi connectivity index (χ2n) is 2.92. The summed E-state index contributed by atoms with van der Waals surface area (Å²) in [4.78, 5) is 6.51. The van der Waals surface area contributed by atoms with Crippen LogP contribution in [0.3, 0.4) is 0 Å². The van der Waals surface area contributed by atoms with E-state index in [2.05, 4.69) is 15.3 Å². The molecule has 1 unspecified atom stereocenters. The normalized spacial score (nSPS) is 26.8. The molecule has 0 spiro atoms. The lowest BCUT2D eigenvalue weighted by Crippen LogP contribution is -2.43. The van der Waals surface area contributed by atoms with Crippen LogP contribution in [0.15, 0.2) is 9.98 Å². The summed E-state index contributed by atoms with van der Waals surface area (Å²) in [6.45, 7) is 0. The Morgan fingerprint density at radius 3 is 2.80 bits per heavy atom. The van der Waals surface area contributed by atoms with Gasteiger partial charge in [-0.3, -0.25) is 5.41 Å². The van der Waals surface area contributed by atoms with Gasteiger partial charge in [0.25, 0.3) is 0 Å². The van der Waals surface area contributed by atoms with Crippen molar-refractivity contribution in [1.82, 2.24) is 5.32 Å². The maximum absolute atomic E-state index is 12.3. The molecule has 0 amide bonds. The first-order valence-corrected chi connectivity index (χ1v) is 4.13. The highest BCUT2D eigenvalue weighted by molar-refractivity contribution is 5.94. The van der Waals surface area contributed by atoms with E-state index in [1.807, 2.05) is 0 Å². The van der Waals surface area contributed by atoms with Crippen molar-refractivity contribution in [3.63, 3.8) is 0 Å². The summed E-state index contributed by atoms with van der Waals surface area (Å²) >= 11 is 0. The molecule has 4 N–H and O–H groups in total. The number of hydrogen-bond acceptors (Lipinski definition) is 4. The van der Waals surface area contributed by atoms with Gasteiger partial charge in [0.15, 0.2) is 0 Å². The summed E-state index contributed by atoms with van der Waals surface area (Å²) < 4.78 is 36.9. The van der Waals surface area contributed by atoms with Gasteiger partial charge < -0.3 is 11.1 Å². The second-order valence-corrected chi connectivity index (χ2v) is 2.92. The summed E-state index contributed by atoms with van der Waals surface area (Å²) in [7, 11) is 0. The molecule has 1 heterocycles. The Morgan fingerprint density at radius 2 is 2.27 bits per heavy atom. The fraction of sp³-hybridized carbons (Fsp3) is 0.571. The lowest BCUT2D eigenvalue weighted by molar-refractivity contribution is -0.0600. The molecule has 0 fully saturated rings. The molecular weight excluding hydrogens is 211 g/mol. The van der Waals surface area contributed by atoms with Crippen LogP contribution in [-0.2, 0) is 0 Å². The first-order chi connectivity index (χ1) is 6.95. The van der Waals surface area contributed by atoms with Crippen molar-refractivity contribution < 1.29 is 13.2 Å². The number of halogens is 3. The first kappa shape index (κ1) is 11.6. The Labute approximate surface area is 83.8 Å². The van der Waals surface area contributed by atoms with Gasteiger partial charge >= 0.3 is 6.18 Å². The van der Waals surface area contributed by atoms with Gasteiger partial charge in [0.05, 0.1) is 12.4 Å². The van der Waals surface area contributed by atoms with Gasteiger partial charge in [-0.1, -0.05) is 0 Å². The van der Waals surface area contributed by atoms with Crippen LogP contribution in [0.2, 0.25) is 0 Å². The zero-order valence-corrected chi connectivity index (χ0v) is 7.62. The van der Waals surface area contributed by atoms with Crippen LogP contribution in [0.5, 0.6) is 0 Å². The molecule has 2 atom stereocenters. The van der Waals surface area contributed by atoms with Crippen molar-refractivity contribution in [3.05, 3.63) is 0 Å². The molecule has 8 heteroatoms. The van der Waals surface area contributed by atoms with Gasteiger partial charge in [-0.2, -0.15) is 13.2 Å². The summed E-state index contributed by atoms with van der Waals surface area (Å²) in [5.41, 5.74) is 5.54. The average Bonchev–Trinajstić information content (AvgIpc) is 2.29. The van der Waals surface area contributed by atoms with Gasteiger partial charge in [-0.25, -0.2) is 9.98 Å². The fourth-order valence-electron chi connectivity index (χ4n) is 1.04. The molecule has 1 aliphatic rings. The van der Waals surface area contributed by atoms with Crippen LogP contribution in [0.25, 0.3) is 0 Å². The number of aliphatic imine (C=N–C) groups is 2. The summed E-state index contributed by atoms with van der Waals surface area (Å²) in [5, 5.41) is 9.06. The lowest BCUT2D eigenvalue weighted by atomic mass is 10.2. The number of nitrogens with one attached hydrogen (secondary N) is 2. The van der Waals surface area contributed by atoms with E-state index in [0.717, 1.165) is 12.6 Å². The van der Waals surface area contributed by atoms with Gasteiger partial charge in [0.1, 0.15) is 6.17 Å². The Bertz CT molecular complexity index is 295. The van der Waals surface area contributed by atoms with E-state index in [1.165, 1.54) is 0 Å². The van der Waals surface area contributed by atoms with E-state index in [4.69, 9.17) is 11.1 Å². The van der Waals surface area contributed by atoms with Crippen LogP contribution in [0.4, 0.5) is 13.2 Å². The summed E-state index contributed by atoms with van der Waals surface area (Å²) in [6, 6.07) is -0.629. The smallest absolute Gasteiger partial charge is 0.354 e. The van der Waals surface area contributed by atoms with Crippen molar-refractivity contribution in [2.45, 2.75) is 24.8 Å². The van der Waals surface area contributed by atoms with Crippen LogP contribution >= 0.6 is 0 Å². The number of nitrogens with zero attached hydrogens (tertiary/aromatic N) is 2. The molecule has 0 aliphatic carbocycles. The Kier molecular flexibility index (Phi) is 3.40. The molecule has 5 nitrogen and oxygen atoms in total. The van der Waals surface area contributed by atoms with Gasteiger partial charge in [-0.15, -0.1) is 0 Å². The zero-order valence-electron chi connectivity index (χ0n) is 7.62. The van der Waals surface area contributed by atoms with Crippen molar-refractivity contribution in [1.29, 1.82) is 5.41 Å². The standard InChI is InChI=1S/C7H10F3N5/c8-7(9,10)6-13-2-1-4(12)5(15-6)14-3-11/h2-5H,1,12H2,(H2,11,14)/t4?,5-/m0/s1. The molecule has 0 aromatic rings. The van der Waals surface area contributed by atoms with Crippen molar-refractivity contribution in [2.75, 3.05) is 0 Å². The minimum Gasteiger partial charge on any atom is -0.354 e. The van der Waals surface area contributed by atoms with Crippen molar-refractivity contribution in [2.24, 2.45) is 15.7 Å². The molecule has 84 valence electrons. The molecule has 15 heavy (non-hydrogen) atoms. The van der Waals surface area contributed by atoms with Gasteiger partial charge in [0.2, 0.25) is 5.84 Å². The van der Waals surface area contributed by atoms with Crippen LogP contribution in [0, 0.1) is 5.41 Å². The van der Waals surface area contributed by atoms with Crippen molar-refractivity contribution >= 4 is 18.4 Å². The minimum absolute atomic E-state index is 0.175. The number of alkyl halides is 3. The van der Waals surface area contributed by atoms with Gasteiger partial charge in [-0.05, 0) is 0 Å². The predicted molar refractivity (Wildman–Crippen MR) is 50.3 cm³/mol. The number of hydrogen-bond donors (Lipinski definition) is 3. The second kappa shape index (κ2) is 4.39. The number of rotatable bonds is 2. The number of amidine groups is 1. The van der Waals surface area contributed by atoms with E-state index in [-0.39, 0.29) is 6.42 Å². The molecule has 0 aromatic heterocycles. The minimum atomic E-state index is -4.59. The van der Waals surface area contributed by atoms with E-state index in [0.29, 0.717) is 0 Å². The Hall–Kier alpha value is -1.44. The quantitative estimate of drug-likeness (QED) is 0.461. The Balaban J connectivity index is 2.93. The third-order valence-electron chi connectivity index (χ3n) is 1.77. The molecule has 0 bridgehead atoms. The Morgan fingerprint density at radius 1 is 1.60 bits per heavy atom. The van der Waals surface area contributed by atoms with Crippen LogP contribution in [0.1, 0.15) is 6.42 Å². The maximum Gasteiger partial charge on any atom is 0.451 e. The number of nitrogens with two attached hydrogens (primary N) is 1. The molecular formula is C7H10F3N5.